The van der Waals surface area contributed by atoms with Crippen molar-refractivity contribution in [1.82, 2.24) is 10.3 Å². The minimum absolute atomic E-state index is 0.482. The molecule has 3 nitrogen and oxygen atoms in total. The Morgan fingerprint density at radius 1 is 1.44 bits per heavy atom. The lowest BCUT2D eigenvalue weighted by Crippen LogP contribution is -2.26. The van der Waals surface area contributed by atoms with Crippen LogP contribution in [0, 0.1) is 17.2 Å². The number of nitrogens with one attached hydrogen (secondary N) is 1. The molecule has 0 aromatic carbocycles. The summed E-state index contributed by atoms with van der Waals surface area (Å²) in [6.07, 6.45) is 2.85. The number of nitrogens with zero attached hydrogens (tertiary/aromatic N) is 2. The molecule has 0 fully saturated rings. The van der Waals surface area contributed by atoms with Crippen LogP contribution in [0.5, 0.6) is 0 Å². The first-order valence-corrected chi connectivity index (χ1v) is 5.70. The highest BCUT2D eigenvalue weighted by Gasteiger charge is 2.04. The summed E-state index contributed by atoms with van der Waals surface area (Å²) in [6.45, 7) is 7.42. The van der Waals surface area contributed by atoms with Gasteiger partial charge in [-0.15, -0.1) is 0 Å². The average molecular weight is 217 g/mol. The molecule has 0 saturated heterocycles. The lowest BCUT2D eigenvalue weighted by molar-refractivity contribution is 0.441. The maximum atomic E-state index is 8.73. The van der Waals surface area contributed by atoms with Crippen LogP contribution in [0.4, 0.5) is 0 Å². The van der Waals surface area contributed by atoms with Crippen molar-refractivity contribution in [3.8, 4) is 6.07 Å². The van der Waals surface area contributed by atoms with Crippen molar-refractivity contribution in [1.29, 1.82) is 5.26 Å². The number of hydrogen-bond acceptors (Lipinski definition) is 3. The number of nitriles is 1. The standard InChI is InChI=1S/C13H19N3/c1-10(2)6-11(3)16-9-12-4-5-15-13(7-12)8-14/h4-5,7,10-11,16H,6,9H2,1-3H3. The van der Waals surface area contributed by atoms with Crippen molar-refractivity contribution >= 4 is 0 Å². The van der Waals surface area contributed by atoms with Crippen LogP contribution in [0.25, 0.3) is 0 Å². The summed E-state index contributed by atoms with van der Waals surface area (Å²) in [6, 6.07) is 6.32. The number of pyridine rings is 1. The maximum absolute atomic E-state index is 8.73. The third kappa shape index (κ3) is 4.41. The Kier molecular flexibility index (Phi) is 4.94. The Morgan fingerprint density at radius 3 is 2.81 bits per heavy atom. The van der Waals surface area contributed by atoms with Crippen molar-refractivity contribution in [2.24, 2.45) is 5.92 Å². The van der Waals surface area contributed by atoms with E-state index in [2.05, 4.69) is 31.1 Å². The van der Waals surface area contributed by atoms with Crippen molar-refractivity contribution in [2.45, 2.75) is 39.8 Å². The summed E-state index contributed by atoms with van der Waals surface area (Å²) in [7, 11) is 0. The van der Waals surface area contributed by atoms with E-state index < -0.39 is 0 Å². The second-order valence-electron chi connectivity index (χ2n) is 4.57. The lowest BCUT2D eigenvalue weighted by Gasteiger charge is -2.15. The molecule has 0 aliphatic heterocycles. The van der Waals surface area contributed by atoms with Crippen LogP contribution >= 0.6 is 0 Å². The zero-order valence-corrected chi connectivity index (χ0v) is 10.2. The molecule has 1 aromatic rings. The third-order valence-electron chi connectivity index (χ3n) is 2.42. The van der Waals surface area contributed by atoms with Crippen LogP contribution in [0.2, 0.25) is 0 Å². The van der Waals surface area contributed by atoms with Gasteiger partial charge in [-0.25, -0.2) is 4.98 Å². The van der Waals surface area contributed by atoms with Crippen molar-refractivity contribution in [3.05, 3.63) is 29.6 Å². The number of hydrogen-bond donors (Lipinski definition) is 1. The molecule has 0 aliphatic rings. The average Bonchev–Trinajstić information content (AvgIpc) is 2.26. The molecule has 1 unspecified atom stereocenters. The SMILES string of the molecule is CC(C)CC(C)NCc1ccnc(C#N)c1. The molecule has 86 valence electrons. The molecule has 1 N–H and O–H groups in total. The highest BCUT2D eigenvalue weighted by molar-refractivity contribution is 5.25. The predicted molar refractivity (Wildman–Crippen MR) is 64.7 cm³/mol. The predicted octanol–water partition coefficient (Wildman–Crippen LogP) is 2.48. The fourth-order valence-electron chi connectivity index (χ4n) is 1.73. The quantitative estimate of drug-likeness (QED) is 0.824. The summed E-state index contributed by atoms with van der Waals surface area (Å²) in [5.41, 5.74) is 1.60. The molecule has 1 atom stereocenters. The molecule has 1 heterocycles. The molecule has 0 radical (unpaired) electrons. The smallest absolute Gasteiger partial charge is 0.140 e. The normalized spacial score (nSPS) is 12.4. The Hall–Kier alpha value is -1.40. The largest absolute Gasteiger partial charge is 0.310 e. The second kappa shape index (κ2) is 6.24. The Balaban J connectivity index is 2.45. The van der Waals surface area contributed by atoms with Crippen LogP contribution in [-0.4, -0.2) is 11.0 Å². The zero-order valence-electron chi connectivity index (χ0n) is 10.2. The van der Waals surface area contributed by atoms with E-state index in [1.54, 1.807) is 6.20 Å². The molecular formula is C13H19N3. The molecule has 1 aromatic heterocycles. The molecule has 0 amide bonds. The van der Waals surface area contributed by atoms with Gasteiger partial charge in [0.2, 0.25) is 0 Å². The van der Waals surface area contributed by atoms with Crippen molar-refractivity contribution in [2.75, 3.05) is 0 Å². The molecule has 0 bridgehead atoms. The summed E-state index contributed by atoms with van der Waals surface area (Å²) < 4.78 is 0. The van der Waals surface area contributed by atoms with E-state index in [9.17, 15) is 0 Å². The minimum atomic E-state index is 0.482. The maximum Gasteiger partial charge on any atom is 0.140 e. The molecule has 0 aliphatic carbocycles. The fourth-order valence-corrected chi connectivity index (χ4v) is 1.73. The van der Waals surface area contributed by atoms with Gasteiger partial charge in [0.1, 0.15) is 11.8 Å². The van der Waals surface area contributed by atoms with Gasteiger partial charge in [0, 0.05) is 18.8 Å². The van der Waals surface area contributed by atoms with E-state index in [4.69, 9.17) is 5.26 Å². The molecule has 3 heteroatoms. The van der Waals surface area contributed by atoms with Gasteiger partial charge in [0.15, 0.2) is 0 Å². The molecular weight excluding hydrogens is 198 g/mol. The highest BCUT2D eigenvalue weighted by atomic mass is 14.9. The van der Waals surface area contributed by atoms with Gasteiger partial charge >= 0.3 is 0 Å². The first-order valence-electron chi connectivity index (χ1n) is 5.70. The van der Waals surface area contributed by atoms with Crippen molar-refractivity contribution in [3.63, 3.8) is 0 Å². The van der Waals surface area contributed by atoms with Gasteiger partial charge in [-0.2, -0.15) is 5.26 Å². The minimum Gasteiger partial charge on any atom is -0.310 e. The Morgan fingerprint density at radius 2 is 2.19 bits per heavy atom. The summed E-state index contributed by atoms with van der Waals surface area (Å²) in [4.78, 5) is 3.94. The van der Waals surface area contributed by atoms with E-state index in [0.29, 0.717) is 17.7 Å². The zero-order chi connectivity index (χ0) is 12.0. The van der Waals surface area contributed by atoms with Gasteiger partial charge < -0.3 is 5.32 Å². The molecule has 0 saturated carbocycles. The van der Waals surface area contributed by atoms with Gasteiger partial charge in [-0.05, 0) is 37.0 Å². The monoisotopic (exact) mass is 217 g/mol. The Labute approximate surface area is 97.5 Å². The summed E-state index contributed by atoms with van der Waals surface area (Å²) in [5, 5.41) is 12.2. The van der Waals surface area contributed by atoms with Crippen LogP contribution in [0.1, 0.15) is 38.4 Å². The topological polar surface area (TPSA) is 48.7 Å². The fraction of sp³-hybridized carbons (Fsp3) is 0.538. The summed E-state index contributed by atoms with van der Waals surface area (Å²) in [5.74, 6) is 0.703. The van der Waals surface area contributed by atoms with Crippen molar-refractivity contribution < 1.29 is 0 Å². The van der Waals surface area contributed by atoms with E-state index in [0.717, 1.165) is 18.5 Å². The Bertz CT molecular complexity index is 366. The van der Waals surface area contributed by atoms with Gasteiger partial charge in [0.25, 0.3) is 0 Å². The number of rotatable bonds is 5. The van der Waals surface area contributed by atoms with Crippen LogP contribution in [-0.2, 0) is 6.54 Å². The first kappa shape index (κ1) is 12.7. The highest BCUT2D eigenvalue weighted by Crippen LogP contribution is 2.06. The summed E-state index contributed by atoms with van der Waals surface area (Å²) >= 11 is 0. The van der Waals surface area contributed by atoms with Gasteiger partial charge in [-0.3, -0.25) is 0 Å². The molecule has 1 rings (SSSR count). The molecule has 0 spiro atoms. The van der Waals surface area contributed by atoms with E-state index >= 15 is 0 Å². The third-order valence-corrected chi connectivity index (χ3v) is 2.42. The van der Waals surface area contributed by atoms with Crippen LogP contribution < -0.4 is 5.32 Å². The van der Waals surface area contributed by atoms with Crippen LogP contribution in [0.3, 0.4) is 0 Å². The first-order chi connectivity index (χ1) is 7.61. The molecule has 16 heavy (non-hydrogen) atoms. The number of aromatic nitrogens is 1. The van der Waals surface area contributed by atoms with Gasteiger partial charge in [-0.1, -0.05) is 13.8 Å². The van der Waals surface area contributed by atoms with E-state index in [-0.39, 0.29) is 0 Å². The second-order valence-corrected chi connectivity index (χ2v) is 4.57. The van der Waals surface area contributed by atoms with Crippen LogP contribution in [0.15, 0.2) is 18.3 Å². The van der Waals surface area contributed by atoms with E-state index in [1.807, 2.05) is 18.2 Å². The lowest BCUT2D eigenvalue weighted by atomic mass is 10.1. The van der Waals surface area contributed by atoms with Gasteiger partial charge in [0.05, 0.1) is 0 Å². The van der Waals surface area contributed by atoms with E-state index in [1.165, 1.54) is 0 Å².